The molecule has 0 radical (unpaired) electrons. The van der Waals surface area contributed by atoms with Crippen LogP contribution in [0.25, 0.3) is 28.0 Å². The zero-order valence-electron chi connectivity index (χ0n) is 22.2. The minimum absolute atomic E-state index is 0.220. The molecule has 0 bridgehead atoms. The third-order valence-corrected chi connectivity index (χ3v) is 7.95. The monoisotopic (exact) mass is 528 g/mol. The average molecular weight is 529 g/mol. The number of carboxylic acid groups (broad SMARTS) is 1. The highest BCUT2D eigenvalue weighted by Gasteiger charge is 2.28. The first kappa shape index (κ1) is 25.2. The number of oxazole rings is 1. The third kappa shape index (κ3) is 4.67. The number of carboxylic acids is 1. The molecule has 0 amide bonds. The van der Waals surface area contributed by atoms with Gasteiger partial charge in [0.05, 0.1) is 18.3 Å². The number of ether oxygens (including phenoxy) is 1. The van der Waals surface area contributed by atoms with Gasteiger partial charge in [-0.1, -0.05) is 12.1 Å². The summed E-state index contributed by atoms with van der Waals surface area (Å²) in [6.07, 6.45) is 5.81. The number of aromatic carboxylic acids is 1. The summed E-state index contributed by atoms with van der Waals surface area (Å²) < 4.78 is 13.3. The molecule has 2 aromatic carbocycles. The smallest absolute Gasteiger partial charge is 0.341 e. The van der Waals surface area contributed by atoms with E-state index >= 15 is 0 Å². The van der Waals surface area contributed by atoms with Crippen LogP contribution in [0.4, 0.5) is 11.7 Å². The molecule has 202 valence electrons. The second kappa shape index (κ2) is 10.2. The van der Waals surface area contributed by atoms with E-state index in [1.807, 2.05) is 30.3 Å². The second-order valence-electron chi connectivity index (χ2n) is 10.4. The Hall–Kier alpha value is -4.11. The summed E-state index contributed by atoms with van der Waals surface area (Å²) >= 11 is 0. The van der Waals surface area contributed by atoms with Crippen molar-refractivity contribution < 1.29 is 19.1 Å². The summed E-state index contributed by atoms with van der Waals surface area (Å²) in [6.45, 7) is 4.72. The molecule has 2 aliphatic rings. The number of hydrogen-bond donors (Lipinski definition) is 1. The largest absolute Gasteiger partial charge is 0.477 e. The molecule has 0 spiro atoms. The highest BCUT2D eigenvalue weighted by Crippen LogP contribution is 2.32. The van der Waals surface area contributed by atoms with Crippen molar-refractivity contribution in [1.29, 1.82) is 0 Å². The Morgan fingerprint density at radius 1 is 1.05 bits per heavy atom. The Bertz CT molecular complexity index is 1570. The van der Waals surface area contributed by atoms with Gasteiger partial charge in [-0.3, -0.25) is 4.79 Å². The molecule has 2 aromatic heterocycles. The molecule has 4 aromatic rings. The molecule has 0 saturated carbocycles. The van der Waals surface area contributed by atoms with Crippen LogP contribution in [-0.4, -0.2) is 59.5 Å². The Morgan fingerprint density at radius 3 is 2.51 bits per heavy atom. The SMILES string of the molecule is COC[C@H]1CCCN1c1nc2ccc(-n3cc(C(=O)O)c(=O)cc3-c3ccc(N4CCC[C@@H]4C)cc3)cc2o1. The molecule has 2 saturated heterocycles. The fraction of sp³-hybridized carbons (Fsp3) is 0.367. The van der Waals surface area contributed by atoms with Crippen LogP contribution in [0.5, 0.6) is 0 Å². The summed E-state index contributed by atoms with van der Waals surface area (Å²) in [6, 6.07) is 16.3. The Morgan fingerprint density at radius 2 is 1.79 bits per heavy atom. The van der Waals surface area contributed by atoms with Crippen LogP contribution in [0.15, 0.2) is 63.9 Å². The summed E-state index contributed by atoms with van der Waals surface area (Å²) in [5.74, 6) is -1.26. The number of rotatable bonds is 7. The second-order valence-corrected chi connectivity index (χ2v) is 10.4. The number of methoxy groups -OCH3 is 1. The summed E-state index contributed by atoms with van der Waals surface area (Å²) in [5.41, 5.74) is 3.71. The first-order valence-electron chi connectivity index (χ1n) is 13.5. The van der Waals surface area contributed by atoms with Crippen molar-refractivity contribution in [2.24, 2.45) is 0 Å². The molecule has 1 N–H and O–H groups in total. The fourth-order valence-corrected chi connectivity index (χ4v) is 5.90. The number of fused-ring (bicyclic) bond motifs is 1. The van der Waals surface area contributed by atoms with E-state index in [0.29, 0.717) is 41.1 Å². The van der Waals surface area contributed by atoms with Crippen LogP contribution >= 0.6 is 0 Å². The molecule has 9 nitrogen and oxygen atoms in total. The average Bonchev–Trinajstić information content (AvgIpc) is 3.67. The molecule has 9 heteroatoms. The molecule has 4 heterocycles. The maximum Gasteiger partial charge on any atom is 0.341 e. The van der Waals surface area contributed by atoms with E-state index in [0.717, 1.165) is 37.2 Å². The van der Waals surface area contributed by atoms with Gasteiger partial charge in [0, 0.05) is 55.9 Å². The lowest BCUT2D eigenvalue weighted by molar-refractivity contribution is 0.0695. The van der Waals surface area contributed by atoms with Crippen LogP contribution in [0.1, 0.15) is 43.0 Å². The van der Waals surface area contributed by atoms with Gasteiger partial charge in [-0.05, 0) is 62.4 Å². The van der Waals surface area contributed by atoms with Gasteiger partial charge in [0.15, 0.2) is 11.0 Å². The summed E-state index contributed by atoms with van der Waals surface area (Å²) in [7, 11) is 1.70. The van der Waals surface area contributed by atoms with Gasteiger partial charge in [-0.25, -0.2) is 4.79 Å². The predicted octanol–water partition coefficient (Wildman–Crippen LogP) is 4.95. The van der Waals surface area contributed by atoms with Crippen LogP contribution in [0, 0.1) is 0 Å². The lowest BCUT2D eigenvalue weighted by atomic mass is 10.1. The molecule has 0 aliphatic carbocycles. The molecule has 39 heavy (non-hydrogen) atoms. The Balaban J connectivity index is 1.41. The first-order valence-corrected chi connectivity index (χ1v) is 13.5. The van der Waals surface area contributed by atoms with Crippen molar-refractivity contribution in [1.82, 2.24) is 9.55 Å². The lowest BCUT2D eigenvalue weighted by Crippen LogP contribution is -2.32. The number of pyridine rings is 1. The van der Waals surface area contributed by atoms with Crippen molar-refractivity contribution in [3.05, 3.63) is 70.5 Å². The standard InChI is InChI=1S/C30H32N4O5/c1-19-5-3-13-32(19)21-9-7-20(8-10-21)26-16-27(35)24(29(36)37)17-34(26)22-11-12-25-28(15-22)39-30(31-25)33-14-4-6-23(33)18-38-2/h7-12,15-17,19,23H,3-6,13-14,18H2,1-2H3,(H,36,37)/t19-,23+/m0/s1. The fourth-order valence-electron chi connectivity index (χ4n) is 5.90. The van der Waals surface area contributed by atoms with Gasteiger partial charge in [0.25, 0.3) is 6.01 Å². The minimum Gasteiger partial charge on any atom is -0.477 e. The van der Waals surface area contributed by atoms with Gasteiger partial charge < -0.3 is 28.6 Å². The van der Waals surface area contributed by atoms with E-state index in [4.69, 9.17) is 14.1 Å². The summed E-state index contributed by atoms with van der Waals surface area (Å²) in [5, 5.41) is 9.68. The Labute approximate surface area is 226 Å². The minimum atomic E-state index is -1.26. The normalized spacial score (nSPS) is 19.3. The van der Waals surface area contributed by atoms with Gasteiger partial charge in [0.2, 0.25) is 0 Å². The highest BCUT2D eigenvalue weighted by molar-refractivity contribution is 5.88. The van der Waals surface area contributed by atoms with E-state index in [-0.39, 0.29) is 11.6 Å². The maximum absolute atomic E-state index is 12.8. The van der Waals surface area contributed by atoms with Crippen molar-refractivity contribution in [3.8, 4) is 16.9 Å². The number of carbonyl (C=O) groups is 1. The van der Waals surface area contributed by atoms with Gasteiger partial charge in [0.1, 0.15) is 11.1 Å². The zero-order chi connectivity index (χ0) is 27.1. The number of hydrogen-bond acceptors (Lipinski definition) is 7. The Kier molecular flexibility index (Phi) is 6.60. The van der Waals surface area contributed by atoms with Gasteiger partial charge >= 0.3 is 5.97 Å². The number of aromatic nitrogens is 2. The van der Waals surface area contributed by atoms with Crippen LogP contribution in [0.2, 0.25) is 0 Å². The molecule has 2 fully saturated rings. The van der Waals surface area contributed by atoms with E-state index in [9.17, 15) is 14.7 Å². The topological polar surface area (TPSA) is 101 Å². The lowest BCUT2D eigenvalue weighted by Gasteiger charge is -2.24. The predicted molar refractivity (Wildman–Crippen MR) is 150 cm³/mol. The number of benzene rings is 2. The number of nitrogens with zero attached hydrogens (tertiary/aromatic N) is 4. The molecule has 2 aliphatic heterocycles. The van der Waals surface area contributed by atoms with E-state index in [1.165, 1.54) is 25.1 Å². The van der Waals surface area contributed by atoms with E-state index in [2.05, 4.69) is 28.9 Å². The third-order valence-electron chi connectivity index (χ3n) is 7.95. The van der Waals surface area contributed by atoms with Crippen molar-refractivity contribution in [2.45, 2.75) is 44.7 Å². The molecule has 6 rings (SSSR count). The first-order chi connectivity index (χ1) is 18.9. The van der Waals surface area contributed by atoms with Gasteiger partial charge in [-0.15, -0.1) is 0 Å². The van der Waals surface area contributed by atoms with E-state index < -0.39 is 11.4 Å². The number of anilines is 2. The maximum atomic E-state index is 12.8. The highest BCUT2D eigenvalue weighted by atomic mass is 16.5. The van der Waals surface area contributed by atoms with Crippen molar-refractivity contribution in [3.63, 3.8) is 0 Å². The molecule has 2 atom stereocenters. The van der Waals surface area contributed by atoms with Gasteiger partial charge in [-0.2, -0.15) is 4.98 Å². The molecular formula is C30H32N4O5. The van der Waals surface area contributed by atoms with Crippen LogP contribution in [0.3, 0.4) is 0 Å². The summed E-state index contributed by atoms with van der Waals surface area (Å²) in [4.78, 5) is 33.8. The quantitative estimate of drug-likeness (QED) is 0.360. The molecule has 0 unspecified atom stereocenters. The van der Waals surface area contributed by atoms with Crippen molar-refractivity contribution >= 4 is 28.8 Å². The molecular weight excluding hydrogens is 496 g/mol. The van der Waals surface area contributed by atoms with E-state index in [1.54, 1.807) is 11.7 Å². The van der Waals surface area contributed by atoms with Crippen LogP contribution < -0.4 is 15.2 Å². The van der Waals surface area contributed by atoms with Crippen molar-refractivity contribution in [2.75, 3.05) is 36.6 Å². The van der Waals surface area contributed by atoms with Crippen LogP contribution in [-0.2, 0) is 4.74 Å². The zero-order valence-corrected chi connectivity index (χ0v) is 22.2.